The van der Waals surface area contributed by atoms with Gasteiger partial charge >= 0.3 is 0 Å². The summed E-state index contributed by atoms with van der Waals surface area (Å²) >= 11 is 0. The molecule has 11 heteroatoms. The molecule has 39 heavy (non-hydrogen) atoms. The normalized spacial score (nSPS) is 16.7. The molecule has 0 radical (unpaired) electrons. The fourth-order valence-corrected chi connectivity index (χ4v) is 7.38. The van der Waals surface area contributed by atoms with Gasteiger partial charge in [0.05, 0.1) is 20.9 Å². The number of carbonyl (C=O) groups is 2. The molecule has 2 aliphatic rings. The van der Waals surface area contributed by atoms with Gasteiger partial charge < -0.3 is 4.90 Å². The summed E-state index contributed by atoms with van der Waals surface area (Å²) in [4.78, 5) is 27.6. The molecule has 0 atom stereocenters. The maximum atomic E-state index is 13.2. The summed E-state index contributed by atoms with van der Waals surface area (Å²) in [6.45, 7) is 3.59. The minimum Gasteiger partial charge on any atom is -0.330 e. The lowest BCUT2D eigenvalue weighted by Crippen LogP contribution is -2.37. The smallest absolute Gasteiger partial charge is 0.265 e. The summed E-state index contributed by atoms with van der Waals surface area (Å²) in [7, 11) is -8.08. The Morgan fingerprint density at radius 2 is 1.51 bits per heavy atom. The number of nitrogens with zero attached hydrogens (tertiary/aromatic N) is 2. The highest BCUT2D eigenvalue weighted by Gasteiger charge is 2.33. The van der Waals surface area contributed by atoms with Crippen molar-refractivity contribution >= 4 is 31.9 Å². The van der Waals surface area contributed by atoms with Gasteiger partial charge in [-0.2, -0.15) is 4.31 Å². The number of hydrogen-bond donors (Lipinski definition) is 1. The standard InChI is InChI=1S/C28H29N3O6S2/c1-20-14-16-31(17-15-20)39(36,37)24-12-10-23(11-13-24)38(34,35)29-27(32)25-9-5-8-22-19-30(28(33)26(22)25)18-21-6-3-2-4-7-21/h2-13,20H,14-19H2,1H3,(H,29,32). The first-order valence-corrected chi connectivity index (χ1v) is 15.6. The molecule has 204 valence electrons. The monoisotopic (exact) mass is 567 g/mol. The Hall–Kier alpha value is -3.54. The SMILES string of the molecule is CC1CCN(S(=O)(=O)c2ccc(S(=O)(=O)NC(=O)c3cccc4c3C(=O)N(Cc3ccccc3)C4)cc2)CC1. The molecule has 3 aromatic carbocycles. The van der Waals surface area contributed by atoms with Crippen molar-refractivity contribution in [2.75, 3.05) is 13.1 Å². The Balaban J connectivity index is 1.32. The van der Waals surface area contributed by atoms with Gasteiger partial charge in [-0.05, 0) is 60.2 Å². The maximum Gasteiger partial charge on any atom is 0.265 e. The average Bonchev–Trinajstić information content (AvgIpc) is 3.24. The lowest BCUT2D eigenvalue weighted by atomic mass is 10.0. The predicted molar refractivity (Wildman–Crippen MR) is 145 cm³/mol. The maximum absolute atomic E-state index is 13.2. The summed E-state index contributed by atoms with van der Waals surface area (Å²) in [5.41, 5.74) is 1.73. The topological polar surface area (TPSA) is 121 Å². The molecule has 0 unspecified atom stereocenters. The molecular weight excluding hydrogens is 538 g/mol. The van der Waals surface area contributed by atoms with Crippen LogP contribution in [0.25, 0.3) is 0 Å². The van der Waals surface area contributed by atoms with Crippen molar-refractivity contribution in [3.63, 3.8) is 0 Å². The first-order valence-electron chi connectivity index (χ1n) is 12.7. The van der Waals surface area contributed by atoms with E-state index in [0.29, 0.717) is 37.7 Å². The van der Waals surface area contributed by atoms with Crippen LogP contribution in [0.15, 0.2) is 82.6 Å². The van der Waals surface area contributed by atoms with Gasteiger partial charge in [-0.3, -0.25) is 9.59 Å². The largest absolute Gasteiger partial charge is 0.330 e. The molecule has 0 bridgehead atoms. The average molecular weight is 568 g/mol. The van der Waals surface area contributed by atoms with E-state index in [2.05, 4.69) is 6.92 Å². The van der Waals surface area contributed by atoms with Crippen molar-refractivity contribution in [3.05, 3.63) is 95.1 Å². The first kappa shape index (κ1) is 27.0. The summed E-state index contributed by atoms with van der Waals surface area (Å²) in [6, 6.07) is 19.0. The van der Waals surface area contributed by atoms with Crippen LogP contribution in [0.1, 0.15) is 51.6 Å². The molecule has 0 aliphatic carbocycles. The van der Waals surface area contributed by atoms with E-state index in [1.807, 2.05) is 35.1 Å². The van der Waals surface area contributed by atoms with Gasteiger partial charge in [-0.15, -0.1) is 0 Å². The second-order valence-electron chi connectivity index (χ2n) is 9.98. The number of amides is 2. The second kappa shape index (κ2) is 10.6. The van der Waals surface area contributed by atoms with E-state index in [1.165, 1.54) is 22.5 Å². The highest BCUT2D eigenvalue weighted by Crippen LogP contribution is 2.28. The zero-order valence-electron chi connectivity index (χ0n) is 21.4. The molecule has 1 saturated heterocycles. The Bertz CT molecular complexity index is 1610. The first-order chi connectivity index (χ1) is 18.6. The van der Waals surface area contributed by atoms with Crippen molar-refractivity contribution in [2.45, 2.75) is 42.6 Å². The number of carbonyl (C=O) groups excluding carboxylic acids is 2. The van der Waals surface area contributed by atoms with Crippen molar-refractivity contribution in [1.82, 2.24) is 13.9 Å². The number of fused-ring (bicyclic) bond motifs is 1. The van der Waals surface area contributed by atoms with Crippen molar-refractivity contribution < 1.29 is 26.4 Å². The van der Waals surface area contributed by atoms with Crippen LogP contribution in [0.4, 0.5) is 0 Å². The molecule has 0 spiro atoms. The van der Waals surface area contributed by atoms with Crippen LogP contribution in [0, 0.1) is 5.92 Å². The molecule has 2 aliphatic heterocycles. The van der Waals surface area contributed by atoms with Crippen LogP contribution in [-0.2, 0) is 33.1 Å². The second-order valence-corrected chi connectivity index (χ2v) is 13.6. The lowest BCUT2D eigenvalue weighted by molar-refractivity contribution is 0.0762. The van der Waals surface area contributed by atoms with Crippen LogP contribution in [0.2, 0.25) is 0 Å². The molecule has 2 heterocycles. The summed E-state index contributed by atoms with van der Waals surface area (Å²) < 4.78 is 55.4. The number of benzene rings is 3. The highest BCUT2D eigenvalue weighted by atomic mass is 32.2. The molecule has 1 N–H and O–H groups in total. The van der Waals surface area contributed by atoms with Gasteiger partial charge in [0.15, 0.2) is 0 Å². The van der Waals surface area contributed by atoms with E-state index in [9.17, 15) is 26.4 Å². The van der Waals surface area contributed by atoms with E-state index in [-0.39, 0.29) is 26.8 Å². The number of sulfonamides is 2. The molecular formula is C28H29N3O6S2. The minimum absolute atomic E-state index is 0.00712. The van der Waals surface area contributed by atoms with Gasteiger partial charge in [0.25, 0.3) is 21.8 Å². The molecule has 5 rings (SSSR count). The molecule has 9 nitrogen and oxygen atoms in total. The molecule has 1 fully saturated rings. The van der Waals surface area contributed by atoms with Gasteiger partial charge in [0.1, 0.15) is 0 Å². The number of piperidine rings is 1. The number of rotatable bonds is 7. The number of nitrogens with one attached hydrogen (secondary N) is 1. The van der Waals surface area contributed by atoms with Crippen molar-refractivity contribution in [1.29, 1.82) is 0 Å². The van der Waals surface area contributed by atoms with Gasteiger partial charge in [0.2, 0.25) is 10.0 Å². The van der Waals surface area contributed by atoms with Gasteiger partial charge in [-0.1, -0.05) is 49.4 Å². The predicted octanol–water partition coefficient (Wildman–Crippen LogP) is 3.38. The lowest BCUT2D eigenvalue weighted by Gasteiger charge is -2.29. The third kappa shape index (κ3) is 5.47. The minimum atomic E-state index is -4.33. The zero-order valence-corrected chi connectivity index (χ0v) is 23.0. The van der Waals surface area contributed by atoms with Crippen LogP contribution < -0.4 is 4.72 Å². The van der Waals surface area contributed by atoms with Crippen molar-refractivity contribution in [3.8, 4) is 0 Å². The Labute approximate surface area is 228 Å². The van der Waals surface area contributed by atoms with Crippen molar-refractivity contribution in [2.24, 2.45) is 5.92 Å². The van der Waals surface area contributed by atoms with E-state index >= 15 is 0 Å². The Kier molecular flexibility index (Phi) is 7.32. The number of hydrogen-bond acceptors (Lipinski definition) is 6. The fraction of sp³-hybridized carbons (Fsp3) is 0.286. The highest BCUT2D eigenvalue weighted by molar-refractivity contribution is 7.90. The van der Waals surface area contributed by atoms with Crippen LogP contribution >= 0.6 is 0 Å². The molecule has 0 saturated carbocycles. The van der Waals surface area contributed by atoms with Crippen LogP contribution in [0.3, 0.4) is 0 Å². The molecule has 0 aromatic heterocycles. The van der Waals surface area contributed by atoms with E-state index < -0.39 is 26.0 Å². The molecule has 3 aromatic rings. The van der Waals surface area contributed by atoms with Crippen LogP contribution in [-0.4, -0.2) is 50.9 Å². The van der Waals surface area contributed by atoms with Gasteiger partial charge in [0, 0.05) is 26.2 Å². The summed E-state index contributed by atoms with van der Waals surface area (Å²) in [5, 5.41) is 0. The quantitative estimate of drug-likeness (QED) is 0.467. The Morgan fingerprint density at radius 3 is 2.18 bits per heavy atom. The van der Waals surface area contributed by atoms with E-state index in [1.54, 1.807) is 17.0 Å². The zero-order chi connectivity index (χ0) is 27.8. The fourth-order valence-electron chi connectivity index (χ4n) is 4.94. The Morgan fingerprint density at radius 1 is 0.872 bits per heavy atom. The summed E-state index contributed by atoms with van der Waals surface area (Å²) in [5.74, 6) is -0.819. The third-order valence-electron chi connectivity index (χ3n) is 7.22. The van der Waals surface area contributed by atoms with E-state index in [4.69, 9.17) is 0 Å². The molecule has 2 amide bonds. The van der Waals surface area contributed by atoms with Crippen LogP contribution in [0.5, 0.6) is 0 Å². The third-order valence-corrected chi connectivity index (χ3v) is 10.5. The summed E-state index contributed by atoms with van der Waals surface area (Å²) in [6.07, 6.45) is 1.54. The van der Waals surface area contributed by atoms with E-state index in [0.717, 1.165) is 30.5 Å². The van der Waals surface area contributed by atoms with Gasteiger partial charge in [-0.25, -0.2) is 21.6 Å².